The summed E-state index contributed by atoms with van der Waals surface area (Å²) in [5.74, 6) is -1.37. The molecule has 1 N–H and O–H groups in total. The fraction of sp³-hybridized carbons (Fsp3) is 0.0714. The topological polar surface area (TPSA) is 46.5 Å². The van der Waals surface area contributed by atoms with E-state index in [0.717, 1.165) is 11.6 Å². The van der Waals surface area contributed by atoms with Gasteiger partial charge in [0.1, 0.15) is 5.75 Å². The maximum absolute atomic E-state index is 12.2. The van der Waals surface area contributed by atoms with Gasteiger partial charge in [0.25, 0.3) is 0 Å². The van der Waals surface area contributed by atoms with E-state index in [4.69, 9.17) is 5.11 Å². The average Bonchev–Trinajstić information content (AvgIpc) is 2.38. The summed E-state index contributed by atoms with van der Waals surface area (Å²) < 4.78 is 28.7. The summed E-state index contributed by atoms with van der Waals surface area (Å²) in [6.45, 7) is -2.99. The number of hydrogen-bond acceptors (Lipinski definition) is 2. The van der Waals surface area contributed by atoms with Crippen molar-refractivity contribution in [2.75, 3.05) is 0 Å². The molecule has 3 nitrogen and oxygen atoms in total. The first-order valence-corrected chi connectivity index (χ1v) is 5.45. The van der Waals surface area contributed by atoms with Crippen molar-refractivity contribution in [3.05, 3.63) is 54.1 Å². The molecule has 0 bridgehead atoms. The summed E-state index contributed by atoms with van der Waals surface area (Å²) in [4.78, 5) is 11.0. The number of benzene rings is 2. The number of carboxylic acids is 1. The van der Waals surface area contributed by atoms with Crippen molar-refractivity contribution in [1.82, 2.24) is 0 Å². The fourth-order valence-corrected chi connectivity index (χ4v) is 1.69. The number of hydrogen-bond donors (Lipinski definition) is 1. The first-order valence-electron chi connectivity index (χ1n) is 5.45. The molecule has 0 heterocycles. The summed E-state index contributed by atoms with van der Waals surface area (Å²) >= 11 is 0. The van der Waals surface area contributed by atoms with Gasteiger partial charge in [0, 0.05) is 0 Å². The Balaban J connectivity index is 2.48. The zero-order chi connectivity index (χ0) is 13.8. The highest BCUT2D eigenvalue weighted by Crippen LogP contribution is 2.27. The van der Waals surface area contributed by atoms with Gasteiger partial charge in [0.15, 0.2) is 0 Å². The van der Waals surface area contributed by atoms with E-state index in [-0.39, 0.29) is 11.3 Å². The molecule has 2 aromatic rings. The van der Waals surface area contributed by atoms with Crippen LogP contribution >= 0.6 is 0 Å². The van der Waals surface area contributed by atoms with Gasteiger partial charge in [0.05, 0.1) is 5.56 Å². The summed E-state index contributed by atoms with van der Waals surface area (Å²) in [5.41, 5.74) is 1.14. The van der Waals surface area contributed by atoms with Gasteiger partial charge >= 0.3 is 12.6 Å². The Labute approximate surface area is 108 Å². The van der Waals surface area contributed by atoms with Crippen molar-refractivity contribution in [2.45, 2.75) is 6.61 Å². The molecule has 0 fully saturated rings. The Bertz CT molecular complexity index is 582. The van der Waals surface area contributed by atoms with Crippen LogP contribution in [-0.2, 0) is 0 Å². The molecule has 5 heteroatoms. The number of aromatic carboxylic acids is 1. The van der Waals surface area contributed by atoms with Crippen molar-refractivity contribution >= 4 is 5.97 Å². The summed E-state index contributed by atoms with van der Waals surface area (Å²) in [6.07, 6.45) is 0. The van der Waals surface area contributed by atoms with Crippen LogP contribution in [0, 0.1) is 0 Å². The van der Waals surface area contributed by atoms with Gasteiger partial charge in [-0.3, -0.25) is 0 Å². The van der Waals surface area contributed by atoms with Crippen molar-refractivity contribution in [1.29, 1.82) is 0 Å². The second-order valence-corrected chi connectivity index (χ2v) is 3.80. The molecule has 0 aliphatic carbocycles. The first-order chi connectivity index (χ1) is 9.06. The number of carbonyl (C=O) groups is 1. The molecule has 0 aromatic heterocycles. The van der Waals surface area contributed by atoms with Crippen LogP contribution in [0.5, 0.6) is 5.75 Å². The third-order valence-electron chi connectivity index (χ3n) is 2.49. The van der Waals surface area contributed by atoms with Crippen LogP contribution in [-0.4, -0.2) is 17.7 Å². The van der Waals surface area contributed by atoms with Crippen molar-refractivity contribution in [3.8, 4) is 16.9 Å². The Hall–Kier alpha value is -2.43. The second-order valence-electron chi connectivity index (χ2n) is 3.80. The van der Waals surface area contributed by atoms with Gasteiger partial charge < -0.3 is 9.84 Å². The van der Waals surface area contributed by atoms with Gasteiger partial charge in [-0.1, -0.05) is 30.3 Å². The maximum Gasteiger partial charge on any atom is 0.387 e. The molecule has 98 valence electrons. The highest BCUT2D eigenvalue weighted by atomic mass is 19.3. The molecule has 0 radical (unpaired) electrons. The van der Waals surface area contributed by atoms with E-state index in [1.807, 2.05) is 0 Å². The van der Waals surface area contributed by atoms with Gasteiger partial charge in [-0.05, 0) is 29.3 Å². The molecule has 2 aromatic carbocycles. The van der Waals surface area contributed by atoms with Crippen molar-refractivity contribution in [3.63, 3.8) is 0 Å². The minimum absolute atomic E-state index is 0.1000. The Morgan fingerprint density at radius 3 is 2.32 bits per heavy atom. The number of ether oxygens (including phenoxy) is 1. The quantitative estimate of drug-likeness (QED) is 0.916. The Kier molecular flexibility index (Phi) is 3.75. The van der Waals surface area contributed by atoms with E-state index < -0.39 is 12.6 Å². The first kappa shape index (κ1) is 13.0. The largest absolute Gasteiger partial charge is 0.478 e. The SMILES string of the molecule is O=C(O)c1cc(OC(F)F)cc(-c2ccccc2)c1. The van der Waals surface area contributed by atoms with Crippen LogP contribution in [0.25, 0.3) is 11.1 Å². The van der Waals surface area contributed by atoms with Crippen LogP contribution in [0.1, 0.15) is 10.4 Å². The number of rotatable bonds is 4. The van der Waals surface area contributed by atoms with E-state index in [9.17, 15) is 13.6 Å². The van der Waals surface area contributed by atoms with Crippen LogP contribution in [0.2, 0.25) is 0 Å². The van der Waals surface area contributed by atoms with E-state index in [2.05, 4.69) is 4.74 Å². The van der Waals surface area contributed by atoms with Crippen LogP contribution in [0.15, 0.2) is 48.5 Å². The summed E-state index contributed by atoms with van der Waals surface area (Å²) in [7, 11) is 0. The van der Waals surface area contributed by atoms with Crippen molar-refractivity contribution in [2.24, 2.45) is 0 Å². The Morgan fingerprint density at radius 2 is 1.74 bits per heavy atom. The third kappa shape index (κ3) is 3.28. The van der Waals surface area contributed by atoms with Gasteiger partial charge in [-0.15, -0.1) is 0 Å². The number of carboxylic acid groups (broad SMARTS) is 1. The van der Waals surface area contributed by atoms with Crippen LogP contribution in [0.4, 0.5) is 8.78 Å². The minimum atomic E-state index is -2.99. The van der Waals surface area contributed by atoms with Gasteiger partial charge in [-0.2, -0.15) is 8.78 Å². The van der Waals surface area contributed by atoms with Crippen LogP contribution < -0.4 is 4.74 Å². The number of halogens is 2. The molecule has 2 rings (SSSR count). The lowest BCUT2D eigenvalue weighted by atomic mass is 10.0. The molecule has 0 unspecified atom stereocenters. The zero-order valence-electron chi connectivity index (χ0n) is 9.72. The van der Waals surface area contributed by atoms with E-state index in [1.54, 1.807) is 30.3 Å². The molecule has 0 amide bonds. The minimum Gasteiger partial charge on any atom is -0.478 e. The average molecular weight is 264 g/mol. The highest BCUT2D eigenvalue weighted by molar-refractivity contribution is 5.90. The molecule has 0 atom stereocenters. The Morgan fingerprint density at radius 1 is 1.05 bits per heavy atom. The lowest BCUT2D eigenvalue weighted by Crippen LogP contribution is -2.04. The molecule has 0 spiro atoms. The maximum atomic E-state index is 12.2. The van der Waals surface area contributed by atoms with Gasteiger partial charge in [0.2, 0.25) is 0 Å². The molecule has 0 aliphatic rings. The lowest BCUT2D eigenvalue weighted by Gasteiger charge is -2.09. The third-order valence-corrected chi connectivity index (χ3v) is 2.49. The molecule has 0 saturated heterocycles. The fourth-order valence-electron chi connectivity index (χ4n) is 1.69. The molecule has 0 saturated carbocycles. The number of alkyl halides is 2. The zero-order valence-corrected chi connectivity index (χ0v) is 9.72. The van der Waals surface area contributed by atoms with E-state index in [0.29, 0.717) is 5.56 Å². The highest BCUT2D eigenvalue weighted by Gasteiger charge is 2.12. The summed E-state index contributed by atoms with van der Waals surface area (Å²) in [5, 5.41) is 8.97. The molecular weight excluding hydrogens is 254 g/mol. The normalized spacial score (nSPS) is 10.5. The molecule has 0 aliphatic heterocycles. The monoisotopic (exact) mass is 264 g/mol. The van der Waals surface area contributed by atoms with E-state index >= 15 is 0 Å². The predicted molar refractivity (Wildman–Crippen MR) is 65.5 cm³/mol. The standard InChI is InChI=1S/C14H10F2O3/c15-14(16)19-12-7-10(6-11(8-12)13(17)18)9-4-2-1-3-5-9/h1-8,14H,(H,17,18). The smallest absolute Gasteiger partial charge is 0.387 e. The second kappa shape index (κ2) is 5.48. The molecular formula is C14H10F2O3. The predicted octanol–water partition coefficient (Wildman–Crippen LogP) is 3.65. The van der Waals surface area contributed by atoms with Gasteiger partial charge in [-0.25, -0.2) is 4.79 Å². The van der Waals surface area contributed by atoms with Crippen LogP contribution in [0.3, 0.4) is 0 Å². The summed E-state index contributed by atoms with van der Waals surface area (Å²) in [6, 6.07) is 12.7. The van der Waals surface area contributed by atoms with Crippen molar-refractivity contribution < 1.29 is 23.4 Å². The lowest BCUT2D eigenvalue weighted by molar-refractivity contribution is -0.0498. The van der Waals surface area contributed by atoms with E-state index in [1.165, 1.54) is 12.1 Å². The molecule has 19 heavy (non-hydrogen) atoms.